The molecule has 1 amide bonds. The fraction of sp³-hybridized carbons (Fsp3) is 0.364. The van der Waals surface area contributed by atoms with Crippen molar-refractivity contribution in [1.82, 2.24) is 19.7 Å². The van der Waals surface area contributed by atoms with Crippen molar-refractivity contribution in [3.05, 3.63) is 54.1 Å². The van der Waals surface area contributed by atoms with Crippen LogP contribution in [0.15, 0.2) is 42.6 Å². The maximum atomic E-state index is 12.8. The van der Waals surface area contributed by atoms with Gasteiger partial charge in [-0.3, -0.25) is 9.78 Å². The van der Waals surface area contributed by atoms with E-state index in [9.17, 15) is 4.79 Å². The Morgan fingerprint density at radius 3 is 2.73 bits per heavy atom. The van der Waals surface area contributed by atoms with E-state index < -0.39 is 0 Å². The summed E-state index contributed by atoms with van der Waals surface area (Å²) < 4.78 is 7.49. The standard InChI is InChI=1S/C22H26N6O2/c1-3-20-25-26-21(28(20)4-2)16-6-5-7-17(14-16)24-22(29)19-15-18(8-9-23-19)27-10-12-30-13-11-27/h5-9,14-15H,3-4,10-13H2,1-2H3,(H,24,29). The van der Waals surface area contributed by atoms with Crippen LogP contribution in [0, 0.1) is 0 Å². The topological polar surface area (TPSA) is 85.2 Å². The summed E-state index contributed by atoms with van der Waals surface area (Å²) in [6, 6.07) is 11.4. The lowest BCUT2D eigenvalue weighted by Crippen LogP contribution is -2.36. The van der Waals surface area contributed by atoms with Gasteiger partial charge in [-0.25, -0.2) is 0 Å². The first-order valence-corrected chi connectivity index (χ1v) is 10.3. The minimum atomic E-state index is -0.242. The summed E-state index contributed by atoms with van der Waals surface area (Å²) in [5.41, 5.74) is 2.97. The Labute approximate surface area is 175 Å². The number of nitrogens with one attached hydrogen (secondary N) is 1. The second-order valence-electron chi connectivity index (χ2n) is 7.07. The number of ether oxygens (including phenoxy) is 1. The van der Waals surface area contributed by atoms with E-state index in [2.05, 4.69) is 43.8 Å². The molecule has 0 unspecified atom stereocenters. The molecular weight excluding hydrogens is 380 g/mol. The number of morpholine rings is 1. The van der Waals surface area contributed by atoms with Crippen LogP contribution in [0.25, 0.3) is 11.4 Å². The fourth-order valence-electron chi connectivity index (χ4n) is 3.64. The van der Waals surface area contributed by atoms with Crippen LogP contribution in [-0.4, -0.2) is 52.0 Å². The van der Waals surface area contributed by atoms with Gasteiger partial charge in [0, 0.05) is 49.2 Å². The van der Waals surface area contributed by atoms with Crippen molar-refractivity contribution in [3.63, 3.8) is 0 Å². The summed E-state index contributed by atoms with van der Waals surface area (Å²) in [6.45, 7) is 7.94. The van der Waals surface area contributed by atoms with Crippen LogP contribution in [0.1, 0.15) is 30.2 Å². The predicted octanol–water partition coefficient (Wildman–Crippen LogP) is 3.01. The average molecular weight is 406 g/mol. The predicted molar refractivity (Wildman–Crippen MR) is 116 cm³/mol. The van der Waals surface area contributed by atoms with Crippen LogP contribution in [0.5, 0.6) is 0 Å². The lowest BCUT2D eigenvalue weighted by atomic mass is 10.1. The van der Waals surface area contributed by atoms with Crippen LogP contribution >= 0.6 is 0 Å². The van der Waals surface area contributed by atoms with Gasteiger partial charge < -0.3 is 19.5 Å². The molecule has 1 aliphatic heterocycles. The molecule has 0 aliphatic carbocycles. The number of anilines is 2. The molecule has 3 aromatic rings. The lowest BCUT2D eigenvalue weighted by Gasteiger charge is -2.28. The molecule has 30 heavy (non-hydrogen) atoms. The van der Waals surface area contributed by atoms with Crippen LogP contribution in [0.2, 0.25) is 0 Å². The van der Waals surface area contributed by atoms with Gasteiger partial charge >= 0.3 is 0 Å². The first kappa shape index (κ1) is 20.0. The van der Waals surface area contributed by atoms with Crippen molar-refractivity contribution in [1.29, 1.82) is 0 Å². The number of hydrogen-bond acceptors (Lipinski definition) is 6. The molecule has 1 aliphatic rings. The van der Waals surface area contributed by atoms with Crippen molar-refractivity contribution < 1.29 is 9.53 Å². The highest BCUT2D eigenvalue weighted by atomic mass is 16.5. The number of rotatable bonds is 6. The molecule has 2 aromatic heterocycles. The van der Waals surface area contributed by atoms with Crippen LogP contribution in [-0.2, 0) is 17.7 Å². The molecule has 156 valence electrons. The molecular formula is C22H26N6O2. The number of carbonyl (C=O) groups excluding carboxylic acids is 1. The molecule has 1 fully saturated rings. The number of nitrogens with zero attached hydrogens (tertiary/aromatic N) is 5. The van der Waals surface area contributed by atoms with Gasteiger partial charge in [0.1, 0.15) is 11.5 Å². The summed E-state index contributed by atoms with van der Waals surface area (Å²) in [6.07, 6.45) is 2.49. The van der Waals surface area contributed by atoms with Gasteiger partial charge in [-0.2, -0.15) is 0 Å². The third kappa shape index (κ3) is 4.18. The van der Waals surface area contributed by atoms with Crippen LogP contribution in [0.4, 0.5) is 11.4 Å². The summed E-state index contributed by atoms with van der Waals surface area (Å²) in [4.78, 5) is 19.3. The minimum Gasteiger partial charge on any atom is -0.378 e. The van der Waals surface area contributed by atoms with E-state index in [1.165, 1.54) is 0 Å². The van der Waals surface area contributed by atoms with E-state index >= 15 is 0 Å². The van der Waals surface area contributed by atoms with Gasteiger partial charge in [0.2, 0.25) is 0 Å². The maximum absolute atomic E-state index is 12.8. The second-order valence-corrected chi connectivity index (χ2v) is 7.07. The first-order valence-electron chi connectivity index (χ1n) is 10.3. The van der Waals surface area contributed by atoms with Gasteiger partial charge in [0.05, 0.1) is 13.2 Å². The molecule has 4 rings (SSSR count). The molecule has 0 atom stereocenters. The molecule has 0 saturated carbocycles. The summed E-state index contributed by atoms with van der Waals surface area (Å²) in [5, 5.41) is 11.6. The number of carbonyl (C=O) groups is 1. The highest BCUT2D eigenvalue weighted by molar-refractivity contribution is 6.03. The highest BCUT2D eigenvalue weighted by Crippen LogP contribution is 2.23. The van der Waals surface area contributed by atoms with E-state index in [1.54, 1.807) is 6.20 Å². The van der Waals surface area contributed by atoms with Crippen molar-refractivity contribution in [2.75, 3.05) is 36.5 Å². The Hall–Kier alpha value is -3.26. The Morgan fingerprint density at radius 2 is 1.97 bits per heavy atom. The van der Waals surface area contributed by atoms with Gasteiger partial charge in [0.15, 0.2) is 5.82 Å². The largest absolute Gasteiger partial charge is 0.378 e. The molecule has 0 bridgehead atoms. The highest BCUT2D eigenvalue weighted by Gasteiger charge is 2.16. The van der Waals surface area contributed by atoms with Gasteiger partial charge in [-0.1, -0.05) is 19.1 Å². The number of aryl methyl sites for hydroxylation is 1. The van der Waals surface area contributed by atoms with Gasteiger partial charge in [-0.05, 0) is 31.2 Å². The number of hydrogen-bond donors (Lipinski definition) is 1. The number of aromatic nitrogens is 4. The summed E-state index contributed by atoms with van der Waals surface area (Å²) in [7, 11) is 0. The second kappa shape index (κ2) is 9.04. The van der Waals surface area contributed by atoms with E-state index in [1.807, 2.05) is 36.4 Å². The molecule has 0 radical (unpaired) electrons. The number of benzene rings is 1. The lowest BCUT2D eigenvalue weighted by molar-refractivity contribution is 0.102. The third-order valence-electron chi connectivity index (χ3n) is 5.19. The third-order valence-corrected chi connectivity index (χ3v) is 5.19. The molecule has 0 spiro atoms. The maximum Gasteiger partial charge on any atom is 0.274 e. The zero-order chi connectivity index (χ0) is 20.9. The van der Waals surface area contributed by atoms with Crippen LogP contribution < -0.4 is 10.2 Å². The SMILES string of the molecule is CCc1nnc(-c2cccc(NC(=O)c3cc(N4CCOCC4)ccn3)c2)n1CC. The Morgan fingerprint density at radius 1 is 1.13 bits per heavy atom. The quantitative estimate of drug-likeness (QED) is 0.677. The molecule has 1 saturated heterocycles. The monoisotopic (exact) mass is 406 g/mol. The Kier molecular flexibility index (Phi) is 6.04. The smallest absolute Gasteiger partial charge is 0.274 e. The first-order chi connectivity index (χ1) is 14.7. The van der Waals surface area contributed by atoms with Gasteiger partial charge in [0.25, 0.3) is 5.91 Å². The minimum absolute atomic E-state index is 0.242. The number of pyridine rings is 1. The van der Waals surface area contributed by atoms with Crippen molar-refractivity contribution in [2.45, 2.75) is 26.8 Å². The molecule has 3 heterocycles. The molecule has 1 N–H and O–H groups in total. The molecule has 8 heteroatoms. The average Bonchev–Trinajstić information content (AvgIpc) is 3.23. The number of amides is 1. The van der Waals surface area contributed by atoms with Crippen molar-refractivity contribution in [2.24, 2.45) is 0 Å². The summed E-state index contributed by atoms with van der Waals surface area (Å²) >= 11 is 0. The normalized spacial score (nSPS) is 14.0. The zero-order valence-corrected chi connectivity index (χ0v) is 17.3. The molecule has 8 nitrogen and oxygen atoms in total. The zero-order valence-electron chi connectivity index (χ0n) is 17.3. The Bertz CT molecular complexity index is 1030. The van der Waals surface area contributed by atoms with E-state index in [0.717, 1.165) is 49.0 Å². The van der Waals surface area contributed by atoms with Crippen molar-refractivity contribution >= 4 is 17.3 Å². The van der Waals surface area contributed by atoms with E-state index in [-0.39, 0.29) is 5.91 Å². The summed E-state index contributed by atoms with van der Waals surface area (Å²) in [5.74, 6) is 1.51. The van der Waals surface area contributed by atoms with Gasteiger partial charge in [-0.15, -0.1) is 10.2 Å². The van der Waals surface area contributed by atoms with E-state index in [0.29, 0.717) is 24.6 Å². The van der Waals surface area contributed by atoms with Crippen molar-refractivity contribution in [3.8, 4) is 11.4 Å². The fourth-order valence-corrected chi connectivity index (χ4v) is 3.64. The van der Waals surface area contributed by atoms with E-state index in [4.69, 9.17) is 4.74 Å². The molecule has 1 aromatic carbocycles. The Balaban J connectivity index is 1.53. The van der Waals surface area contributed by atoms with Crippen LogP contribution in [0.3, 0.4) is 0 Å².